The van der Waals surface area contributed by atoms with Crippen LogP contribution in [-0.4, -0.2) is 333 Å². The van der Waals surface area contributed by atoms with E-state index in [4.69, 9.17) is 61.6 Å². The SMILES string of the molecule is O=P(O)(O)CCCO[C@@H]1[C@@H](O)[C@H]2O[C@H]3[C@H](O)[C@@H](O)[C@@H](O[C@H]4[C@H](O)[C@@H](O)[C@@H](O[C@H]5[C@H](O)[C@@H](O)[C@@H](O[C@H]6[C@H](O)[C@@H](O)[C@@H](O[C@H]7[C@H](O)[C@@H](O)[C@@H](O[C@H]1[C@@H](CO)O2)O[C@@H]7CO)O[C@@H]6CO)O[C@@H]5CO)O[C@@H]4CO)O[C@@H]3CO. The molecule has 0 spiro atoms. The van der Waals surface area contributed by atoms with E-state index in [1.54, 1.807) is 0 Å². The smallest absolute Gasteiger partial charge is 0.325 e. The Hall–Kier alpha value is -1.05. The van der Waals surface area contributed by atoms with Crippen molar-refractivity contribution in [3.8, 4) is 0 Å². The maximum Gasteiger partial charge on any atom is 0.325 e. The molecular weight excluding hydrogens is 1030 g/mol. The maximum atomic E-state index is 11.8. The molecule has 22 aliphatic heterocycles. The van der Waals surface area contributed by atoms with Crippen LogP contribution in [0.4, 0.5) is 0 Å². The Morgan fingerprint density at radius 2 is 0.534 bits per heavy atom. The molecule has 22 fully saturated rings. The Balaban J connectivity index is 1.22. The Morgan fingerprint density at radius 1 is 0.315 bits per heavy atom. The molecule has 73 heavy (non-hydrogen) atoms. The number of hydrogen-bond acceptors (Lipinski definition) is 31. The second-order valence-electron chi connectivity index (χ2n) is 18.4. The second-order valence-corrected chi connectivity index (χ2v) is 20.2. The fourth-order valence-corrected chi connectivity index (χ4v) is 10.1. The highest BCUT2D eigenvalue weighted by Crippen LogP contribution is 2.39. The molecule has 0 radical (unpaired) electrons. The minimum atomic E-state index is -4.60. The fourth-order valence-electron chi connectivity index (χ4n) is 9.59. The molecule has 12 bridgehead atoms. The van der Waals surface area contributed by atoms with E-state index in [1.165, 1.54) is 0 Å². The summed E-state index contributed by atoms with van der Waals surface area (Å²) in [7, 11) is -4.60. The number of rotatable bonds is 11. The van der Waals surface area contributed by atoms with Crippen molar-refractivity contribution in [2.45, 2.75) is 191 Å². The second kappa shape index (κ2) is 25.4. The molecule has 30 atom stereocenters. The van der Waals surface area contributed by atoms with Crippen molar-refractivity contribution >= 4 is 7.60 Å². The van der Waals surface area contributed by atoms with Gasteiger partial charge in [0.05, 0.1) is 45.8 Å². The summed E-state index contributed by atoms with van der Waals surface area (Å²) in [5.41, 5.74) is 0. The van der Waals surface area contributed by atoms with Crippen molar-refractivity contribution in [2.24, 2.45) is 0 Å². The average molecular weight is 1090 g/mol. The lowest BCUT2D eigenvalue weighted by Gasteiger charge is -2.51. The van der Waals surface area contributed by atoms with Crippen molar-refractivity contribution in [3.05, 3.63) is 0 Å². The minimum absolute atomic E-state index is 0.348. The van der Waals surface area contributed by atoms with Crippen LogP contribution < -0.4 is 0 Å². The van der Waals surface area contributed by atoms with Gasteiger partial charge in [0.1, 0.15) is 146 Å². The molecule has 0 saturated carbocycles. The van der Waals surface area contributed by atoms with Crippen LogP contribution in [0.3, 0.4) is 0 Å². The number of hydrogen-bond donors (Lipinski definition) is 19. The van der Waals surface area contributed by atoms with Crippen molar-refractivity contribution in [1.29, 1.82) is 0 Å². The highest BCUT2D eigenvalue weighted by atomic mass is 31.2. The van der Waals surface area contributed by atoms with Gasteiger partial charge in [-0.3, -0.25) is 4.57 Å². The van der Waals surface area contributed by atoms with Gasteiger partial charge in [0.15, 0.2) is 37.7 Å². The van der Waals surface area contributed by atoms with Crippen LogP contribution in [0.2, 0.25) is 0 Å². The highest BCUT2D eigenvalue weighted by molar-refractivity contribution is 7.51. The Morgan fingerprint density at radius 3 is 0.767 bits per heavy atom. The lowest BCUT2D eigenvalue weighted by molar-refractivity contribution is -0.404. The van der Waals surface area contributed by atoms with Gasteiger partial charge in [-0.2, -0.15) is 0 Å². The van der Waals surface area contributed by atoms with Crippen LogP contribution in [0.25, 0.3) is 0 Å². The van der Waals surface area contributed by atoms with Gasteiger partial charge in [0, 0.05) is 6.61 Å². The van der Waals surface area contributed by atoms with E-state index in [0.717, 1.165) is 0 Å². The zero-order chi connectivity index (χ0) is 53.4. The van der Waals surface area contributed by atoms with Gasteiger partial charge in [-0.1, -0.05) is 0 Å². The first kappa shape index (κ1) is 59.6. The Bertz CT molecular complexity index is 1740. The third kappa shape index (κ3) is 12.7. The summed E-state index contributed by atoms with van der Waals surface area (Å²) in [5.74, 6) is 0. The van der Waals surface area contributed by atoms with Crippen molar-refractivity contribution in [1.82, 2.24) is 0 Å². The van der Waals surface area contributed by atoms with E-state index in [2.05, 4.69) is 0 Å². The first-order valence-corrected chi connectivity index (χ1v) is 25.1. The topological polar surface area (TPSA) is 521 Å². The molecule has 22 aliphatic rings. The summed E-state index contributed by atoms with van der Waals surface area (Å²) in [4.78, 5) is 18.9. The van der Waals surface area contributed by atoms with Crippen molar-refractivity contribution in [3.63, 3.8) is 0 Å². The lowest BCUT2D eigenvalue weighted by atomic mass is 9.94. The summed E-state index contributed by atoms with van der Waals surface area (Å²) < 4.78 is 86.3. The third-order valence-corrected chi connectivity index (χ3v) is 14.4. The molecule has 19 N–H and O–H groups in total. The average Bonchev–Trinajstić information content (AvgIpc) is 3.36. The van der Waals surface area contributed by atoms with Crippen LogP contribution in [0.1, 0.15) is 6.42 Å². The first-order chi connectivity index (χ1) is 34.6. The molecule has 0 aromatic rings. The standard InChI is InChI=1S/C39H67O33P/c40-4-10-27-16(46)21(51)34(61-10)68-28-11(5-41)63-36(23(53)18(28)48)70-30-13(7-43)65-38(25(55)20(30)50)72-32-15(9-45)66-39(26(56)33(32)60-2-1-3-73(57,58)59)71-31-14(8-44)64-37(24(54)19(31)49)69-29-12(6-42)62-35(67-27)22(52)17(29)47/h10-56H,1-9H2,(H2,57,58,59)/t10-,11-,12-,13-,14-,15-,16-,17-,18-,19-,20-,21-,22-,23-,24-,25-,26-,27-,28-,29-,30-,31-,32+,33-,34-,35-,36-,37-,38-,39-/m1/s1. The van der Waals surface area contributed by atoms with Gasteiger partial charge in [-0.25, -0.2) is 0 Å². The van der Waals surface area contributed by atoms with Crippen LogP contribution in [0.15, 0.2) is 0 Å². The fraction of sp³-hybridized carbons (Fsp3) is 1.00. The summed E-state index contributed by atoms with van der Waals surface area (Å²) >= 11 is 0. The van der Waals surface area contributed by atoms with Crippen LogP contribution in [-0.2, 0) is 66.1 Å². The summed E-state index contributed by atoms with van der Waals surface area (Å²) in [6, 6.07) is 0. The summed E-state index contributed by atoms with van der Waals surface area (Å²) in [6.45, 7) is -6.73. The van der Waals surface area contributed by atoms with E-state index < -0.39 is 244 Å². The highest BCUT2D eigenvalue weighted by Gasteiger charge is 2.59. The molecule has 34 heteroatoms. The summed E-state index contributed by atoms with van der Waals surface area (Å²) in [6.07, 6.45) is -60.3. The maximum absolute atomic E-state index is 11.8. The van der Waals surface area contributed by atoms with Gasteiger partial charge in [0.25, 0.3) is 0 Å². The molecule has 22 saturated heterocycles. The molecular formula is C39H67O33P. The molecule has 0 aliphatic carbocycles. The number of aliphatic hydroxyl groups is 17. The van der Waals surface area contributed by atoms with Crippen molar-refractivity contribution < 1.29 is 163 Å². The molecule has 22 rings (SSSR count). The Labute approximate surface area is 413 Å². The quantitative estimate of drug-likeness (QED) is 0.0675. The van der Waals surface area contributed by atoms with Crippen molar-refractivity contribution in [2.75, 3.05) is 52.4 Å². The molecule has 0 aromatic carbocycles. The number of aliphatic hydroxyl groups excluding tert-OH is 17. The van der Waals surface area contributed by atoms with Crippen LogP contribution in [0, 0.1) is 0 Å². The number of ether oxygens (including phenoxy) is 13. The van der Waals surface area contributed by atoms with Gasteiger partial charge in [0.2, 0.25) is 0 Å². The monoisotopic (exact) mass is 1090 g/mol. The van der Waals surface area contributed by atoms with E-state index in [-0.39, 0.29) is 6.42 Å². The van der Waals surface area contributed by atoms with E-state index >= 15 is 0 Å². The van der Waals surface area contributed by atoms with E-state index in [0.29, 0.717) is 0 Å². The third-order valence-electron chi connectivity index (χ3n) is 13.5. The first-order valence-electron chi connectivity index (χ1n) is 23.3. The molecule has 0 aromatic heterocycles. The van der Waals surface area contributed by atoms with E-state index in [9.17, 15) is 101 Å². The van der Waals surface area contributed by atoms with Gasteiger partial charge >= 0.3 is 7.60 Å². The lowest BCUT2D eigenvalue weighted by Crippen LogP contribution is -2.69. The molecule has 426 valence electrons. The molecule has 33 nitrogen and oxygen atoms in total. The van der Waals surface area contributed by atoms with Gasteiger partial charge < -0.3 is 158 Å². The van der Waals surface area contributed by atoms with Crippen LogP contribution in [0.5, 0.6) is 0 Å². The predicted octanol–water partition coefficient (Wildman–Crippen LogP) is -12.5. The zero-order valence-corrected chi connectivity index (χ0v) is 39.2. The van der Waals surface area contributed by atoms with Gasteiger partial charge in [-0.05, 0) is 6.42 Å². The largest absolute Gasteiger partial charge is 0.394 e. The molecule has 0 unspecified atom stereocenters. The molecule has 0 amide bonds. The minimum Gasteiger partial charge on any atom is -0.394 e. The van der Waals surface area contributed by atoms with Crippen LogP contribution >= 0.6 is 7.60 Å². The van der Waals surface area contributed by atoms with E-state index in [1.807, 2.05) is 0 Å². The molecule has 22 heterocycles. The van der Waals surface area contributed by atoms with Gasteiger partial charge in [-0.15, -0.1) is 0 Å². The normalized spacial score (nSPS) is 51.4. The predicted molar refractivity (Wildman–Crippen MR) is 221 cm³/mol. The Kier molecular flexibility index (Phi) is 20.7. The summed E-state index contributed by atoms with van der Waals surface area (Å²) in [5, 5.41) is 187. The zero-order valence-electron chi connectivity index (χ0n) is 38.3.